The van der Waals surface area contributed by atoms with Gasteiger partial charge in [-0.1, -0.05) is 31.1 Å². The molecule has 3 saturated carbocycles. The number of carbonyl (C=O) groups excluding carboxylic acids is 2. The number of fused-ring (bicyclic) bond motifs is 7. The summed E-state index contributed by atoms with van der Waals surface area (Å²) in [4.78, 5) is 25.7. The molecule has 2 saturated heterocycles. The zero-order valence-corrected chi connectivity index (χ0v) is 22.3. The summed E-state index contributed by atoms with van der Waals surface area (Å²) in [6.45, 7) is 12.2. The molecule has 0 amide bonds. The second-order valence-electron chi connectivity index (χ2n) is 13.9. The first kappa shape index (κ1) is 23.5. The summed E-state index contributed by atoms with van der Waals surface area (Å²) >= 11 is 0. The van der Waals surface area contributed by atoms with Crippen molar-refractivity contribution in [1.82, 2.24) is 0 Å². The number of esters is 2. The topological polar surface area (TPSA) is 93.1 Å². The lowest BCUT2D eigenvalue weighted by Gasteiger charge is -2.47. The Hall–Kier alpha value is -1.66. The number of ether oxygens (including phenoxy) is 2. The lowest BCUT2D eigenvalue weighted by atomic mass is 9.58. The van der Waals surface area contributed by atoms with E-state index in [1.807, 2.05) is 27.7 Å². The monoisotopic (exact) mass is 496 g/mol. The minimum atomic E-state index is -0.931. The molecule has 6 nitrogen and oxygen atoms in total. The number of carbonyl (C=O) groups is 2. The predicted molar refractivity (Wildman–Crippen MR) is 131 cm³/mol. The highest BCUT2D eigenvalue weighted by molar-refractivity contribution is 5.76. The van der Waals surface area contributed by atoms with Crippen LogP contribution in [0.1, 0.15) is 67.2 Å². The quantitative estimate of drug-likeness (QED) is 0.391. The molecule has 2 heterocycles. The van der Waals surface area contributed by atoms with Crippen LogP contribution in [0.3, 0.4) is 0 Å². The van der Waals surface area contributed by atoms with Gasteiger partial charge >= 0.3 is 11.9 Å². The number of allylic oxidation sites excluding steroid dienone is 2. The van der Waals surface area contributed by atoms with Crippen LogP contribution in [0.2, 0.25) is 0 Å². The van der Waals surface area contributed by atoms with Crippen molar-refractivity contribution in [2.24, 2.45) is 58.7 Å². The Morgan fingerprint density at radius 3 is 2.22 bits per heavy atom. The van der Waals surface area contributed by atoms with Gasteiger partial charge in [0.25, 0.3) is 0 Å². The number of aliphatic hydroxyl groups is 2. The maximum absolute atomic E-state index is 13.0. The van der Waals surface area contributed by atoms with Crippen LogP contribution in [0.15, 0.2) is 22.8 Å². The average Bonchev–Trinajstić information content (AvgIpc) is 3.49. The van der Waals surface area contributed by atoms with E-state index in [0.717, 1.165) is 18.4 Å². The lowest BCUT2D eigenvalue weighted by molar-refractivity contribution is -0.153. The highest BCUT2D eigenvalue weighted by Gasteiger charge is 2.78. The van der Waals surface area contributed by atoms with E-state index in [1.165, 1.54) is 11.1 Å². The van der Waals surface area contributed by atoms with Gasteiger partial charge in [-0.2, -0.15) is 0 Å². The summed E-state index contributed by atoms with van der Waals surface area (Å²) in [5, 5.41) is 24.1. The molecular weight excluding hydrogens is 456 g/mol. The summed E-state index contributed by atoms with van der Waals surface area (Å²) in [7, 11) is 0. The van der Waals surface area contributed by atoms with Gasteiger partial charge < -0.3 is 19.7 Å². The van der Waals surface area contributed by atoms with Crippen LogP contribution < -0.4 is 0 Å². The largest absolute Gasteiger partial charge is 0.461 e. The van der Waals surface area contributed by atoms with Crippen LogP contribution >= 0.6 is 0 Å². The molecule has 196 valence electrons. The first-order valence-electron chi connectivity index (χ1n) is 14.1. The molecule has 2 aliphatic heterocycles. The van der Waals surface area contributed by atoms with Crippen molar-refractivity contribution in [2.45, 2.75) is 90.6 Å². The molecule has 36 heavy (non-hydrogen) atoms. The van der Waals surface area contributed by atoms with Gasteiger partial charge in [0, 0.05) is 29.1 Å². The first-order chi connectivity index (χ1) is 16.8. The van der Waals surface area contributed by atoms with E-state index in [1.54, 1.807) is 0 Å². The predicted octanol–water partition coefficient (Wildman–Crippen LogP) is 3.80. The Morgan fingerprint density at radius 2 is 1.50 bits per heavy atom. The van der Waals surface area contributed by atoms with E-state index in [0.29, 0.717) is 12.8 Å². The molecule has 5 aliphatic carbocycles. The fraction of sp³-hybridized carbons (Fsp3) is 0.800. The molecule has 7 aliphatic rings. The molecule has 0 radical (unpaired) electrons. The van der Waals surface area contributed by atoms with Crippen molar-refractivity contribution in [3.05, 3.63) is 22.8 Å². The molecule has 6 heteroatoms. The molecule has 0 spiro atoms. The molecule has 2 bridgehead atoms. The van der Waals surface area contributed by atoms with E-state index in [-0.39, 0.29) is 77.4 Å². The van der Waals surface area contributed by atoms with E-state index >= 15 is 0 Å². The van der Waals surface area contributed by atoms with Crippen LogP contribution in [0.4, 0.5) is 0 Å². The lowest BCUT2D eigenvalue weighted by Crippen LogP contribution is -2.51. The molecular formula is C30H40O6. The Labute approximate surface area is 213 Å². The first-order valence-corrected chi connectivity index (χ1v) is 14.1. The molecule has 2 N–H and O–H groups in total. The Bertz CT molecular complexity index is 1130. The van der Waals surface area contributed by atoms with Crippen LogP contribution in [-0.4, -0.2) is 45.6 Å². The molecule has 0 aromatic heterocycles. The van der Waals surface area contributed by atoms with Crippen LogP contribution in [0.5, 0.6) is 0 Å². The third kappa shape index (κ3) is 2.43. The normalized spacial score (nSPS) is 58.8. The zero-order chi connectivity index (χ0) is 25.7. The highest BCUT2D eigenvalue weighted by Crippen LogP contribution is 2.78. The van der Waals surface area contributed by atoms with Gasteiger partial charge in [0.1, 0.15) is 12.2 Å². The standard InChI is InChI=1S/C30H40O6/c1-12-11-18-20-21(30(12)24(18)29(6,34)10-8-17-14(3)27(32)36-25(17)30)15(4)19-22(20)28(5,33)9-7-16-13(2)26(31)35-23(16)19/h11,13-14,16-18,20-25,33-34H,7-10H2,1-6H3/t13?,14-,16-,17-,18+,20-,21-,22-,23?,24-,25-,28-,29-,30+/m0/s1. The summed E-state index contributed by atoms with van der Waals surface area (Å²) in [5.74, 6) is -0.460. The van der Waals surface area contributed by atoms with Gasteiger partial charge in [0.15, 0.2) is 0 Å². The number of rotatable bonds is 0. The van der Waals surface area contributed by atoms with E-state index < -0.39 is 16.6 Å². The minimum Gasteiger partial charge on any atom is -0.461 e. The van der Waals surface area contributed by atoms with Crippen LogP contribution in [0, 0.1) is 58.7 Å². The Balaban J connectivity index is 1.47. The Morgan fingerprint density at radius 1 is 0.889 bits per heavy atom. The van der Waals surface area contributed by atoms with Gasteiger partial charge in [-0.25, -0.2) is 0 Å². The van der Waals surface area contributed by atoms with Crippen molar-refractivity contribution < 1.29 is 29.3 Å². The summed E-state index contributed by atoms with van der Waals surface area (Å²) < 4.78 is 12.4. The molecule has 5 fully saturated rings. The SMILES string of the molecule is CC1=C[C@@H]2[C@H]3[C@H](C(C)=C4C5OC(=O)C(C)[C@@H]5CC[C@](C)(O)[C@@H]43)[C@@]13[C@@H]2[C@@](C)(O)CC[C@H]1[C@H](C)C(=O)O[C@@H]13. The minimum absolute atomic E-state index is 0.0486. The van der Waals surface area contributed by atoms with E-state index in [2.05, 4.69) is 19.9 Å². The van der Waals surface area contributed by atoms with Crippen molar-refractivity contribution in [1.29, 1.82) is 0 Å². The summed E-state index contributed by atoms with van der Waals surface area (Å²) in [5.41, 5.74) is 1.23. The third-order valence-electron chi connectivity index (χ3n) is 12.4. The van der Waals surface area contributed by atoms with Crippen LogP contribution in [0.25, 0.3) is 0 Å². The van der Waals surface area contributed by atoms with E-state index in [9.17, 15) is 19.8 Å². The molecule has 14 atom stereocenters. The second kappa shape index (κ2) is 6.85. The number of hydrogen-bond acceptors (Lipinski definition) is 6. The van der Waals surface area contributed by atoms with Crippen molar-refractivity contribution >= 4 is 11.9 Å². The molecule has 2 unspecified atom stereocenters. The smallest absolute Gasteiger partial charge is 0.309 e. The second-order valence-corrected chi connectivity index (χ2v) is 13.9. The average molecular weight is 497 g/mol. The third-order valence-corrected chi connectivity index (χ3v) is 12.4. The van der Waals surface area contributed by atoms with Gasteiger partial charge in [-0.05, 0) is 76.7 Å². The maximum Gasteiger partial charge on any atom is 0.309 e. The van der Waals surface area contributed by atoms with Crippen LogP contribution in [-0.2, 0) is 19.1 Å². The zero-order valence-electron chi connectivity index (χ0n) is 22.3. The van der Waals surface area contributed by atoms with Gasteiger partial charge in [0.2, 0.25) is 0 Å². The van der Waals surface area contributed by atoms with Crippen molar-refractivity contribution in [3.8, 4) is 0 Å². The summed E-state index contributed by atoms with van der Waals surface area (Å²) in [6.07, 6.45) is 4.59. The number of hydrogen-bond donors (Lipinski definition) is 2. The molecule has 0 aromatic carbocycles. The summed E-state index contributed by atoms with van der Waals surface area (Å²) in [6, 6.07) is 0. The maximum atomic E-state index is 13.0. The molecule has 7 rings (SSSR count). The van der Waals surface area contributed by atoms with Gasteiger partial charge in [0.05, 0.1) is 23.0 Å². The fourth-order valence-electron chi connectivity index (χ4n) is 11.0. The van der Waals surface area contributed by atoms with Crippen molar-refractivity contribution in [3.63, 3.8) is 0 Å². The van der Waals surface area contributed by atoms with Gasteiger partial charge in [-0.3, -0.25) is 9.59 Å². The molecule has 0 aromatic rings. The Kier molecular flexibility index (Phi) is 4.46. The fourth-order valence-corrected chi connectivity index (χ4v) is 11.0. The van der Waals surface area contributed by atoms with Crippen molar-refractivity contribution in [2.75, 3.05) is 0 Å². The highest BCUT2D eigenvalue weighted by atomic mass is 16.6. The van der Waals surface area contributed by atoms with E-state index in [4.69, 9.17) is 9.47 Å². The van der Waals surface area contributed by atoms with Gasteiger partial charge in [-0.15, -0.1) is 0 Å².